The first-order valence-electron chi connectivity index (χ1n) is 6.46. The fraction of sp³-hybridized carbons (Fsp3) is 0.818. The first-order chi connectivity index (χ1) is 9.38. The van der Waals surface area contributed by atoms with E-state index in [9.17, 15) is 14.2 Å². The summed E-state index contributed by atoms with van der Waals surface area (Å²) in [5.41, 5.74) is 0. The summed E-state index contributed by atoms with van der Waals surface area (Å²) in [5.74, 6) is 0.0942. The van der Waals surface area contributed by atoms with Crippen molar-refractivity contribution in [2.24, 2.45) is 0 Å². The highest BCUT2D eigenvalue weighted by Crippen LogP contribution is 2.55. The second-order valence-electron chi connectivity index (χ2n) is 3.83. The highest BCUT2D eigenvalue weighted by molar-refractivity contribution is 8.56. The number of rotatable bonds is 9. The molecule has 0 aliphatic rings. The van der Waals surface area contributed by atoms with Gasteiger partial charge in [0.15, 0.2) is 0 Å². The molecule has 1 N–H and O–H groups in total. The number of hydrogen-bond donors (Lipinski definition) is 1. The maximum atomic E-state index is 12.4. The van der Waals surface area contributed by atoms with Gasteiger partial charge in [0.05, 0.1) is 13.2 Å². The lowest BCUT2D eigenvalue weighted by molar-refractivity contribution is -0.143. The number of urea groups is 1. The third-order valence-electron chi connectivity index (χ3n) is 2.02. The van der Waals surface area contributed by atoms with Crippen LogP contribution in [0.15, 0.2) is 0 Å². The van der Waals surface area contributed by atoms with E-state index in [1.54, 1.807) is 13.8 Å². The van der Waals surface area contributed by atoms with E-state index in [4.69, 9.17) is 9.26 Å². The van der Waals surface area contributed by atoms with Crippen LogP contribution in [-0.4, -0.2) is 49.5 Å². The van der Waals surface area contributed by atoms with Gasteiger partial charge in [-0.15, -0.1) is 0 Å². The summed E-state index contributed by atoms with van der Waals surface area (Å²) in [6.07, 6.45) is 0.816. The van der Waals surface area contributed by atoms with Crippen LogP contribution in [-0.2, 0) is 18.6 Å². The molecule has 0 aromatic carbocycles. The first-order valence-corrected chi connectivity index (χ1v) is 9.68. The predicted octanol–water partition coefficient (Wildman–Crippen LogP) is 2.48. The van der Waals surface area contributed by atoms with Gasteiger partial charge in [0, 0.05) is 12.8 Å². The summed E-state index contributed by atoms with van der Waals surface area (Å²) in [6.45, 7) is 2.32. The van der Waals surface area contributed by atoms with Crippen molar-refractivity contribution in [3.05, 3.63) is 0 Å². The van der Waals surface area contributed by atoms with Gasteiger partial charge in [-0.2, -0.15) is 0 Å². The molecular formula is C11H23N2O5PS. The van der Waals surface area contributed by atoms with Crippen LogP contribution in [0.1, 0.15) is 27.2 Å². The summed E-state index contributed by atoms with van der Waals surface area (Å²) in [6, 6.07) is -0.626. The van der Waals surface area contributed by atoms with Crippen molar-refractivity contribution in [3.63, 3.8) is 0 Å². The van der Waals surface area contributed by atoms with E-state index in [1.165, 1.54) is 7.05 Å². The lowest BCUT2D eigenvalue weighted by Gasteiger charge is -2.22. The van der Waals surface area contributed by atoms with Gasteiger partial charge >= 0.3 is 18.7 Å². The monoisotopic (exact) mass is 326 g/mol. The Morgan fingerprint density at radius 3 is 2.40 bits per heavy atom. The van der Waals surface area contributed by atoms with Gasteiger partial charge in [-0.05, 0) is 31.7 Å². The van der Waals surface area contributed by atoms with Gasteiger partial charge in [0.2, 0.25) is 0 Å². The van der Waals surface area contributed by atoms with E-state index in [0.29, 0.717) is 5.75 Å². The van der Waals surface area contributed by atoms with Crippen LogP contribution in [0.2, 0.25) is 0 Å². The van der Waals surface area contributed by atoms with Crippen molar-refractivity contribution < 1.29 is 23.4 Å². The van der Waals surface area contributed by atoms with Crippen molar-refractivity contribution in [2.75, 3.05) is 32.6 Å². The van der Waals surface area contributed by atoms with E-state index in [-0.39, 0.29) is 19.8 Å². The minimum absolute atomic E-state index is 0.204. The number of amides is 2. The Balaban J connectivity index is 4.51. The SMILES string of the molecule is CCCSP(=O)(NC(=O)N(C)CC(=O)OCC)OCC. The molecule has 0 aromatic heterocycles. The number of nitrogens with zero attached hydrogens (tertiary/aromatic N) is 1. The number of carbonyl (C=O) groups is 2. The molecule has 7 nitrogen and oxygen atoms in total. The van der Waals surface area contributed by atoms with Crippen LogP contribution in [0.25, 0.3) is 0 Å². The van der Waals surface area contributed by atoms with Crippen molar-refractivity contribution in [1.29, 1.82) is 0 Å². The fourth-order valence-corrected chi connectivity index (χ4v) is 4.77. The molecule has 0 rings (SSSR count). The molecule has 9 heteroatoms. The molecule has 0 aliphatic heterocycles. The summed E-state index contributed by atoms with van der Waals surface area (Å²) < 4.78 is 22.3. The fourth-order valence-electron chi connectivity index (χ4n) is 1.16. The van der Waals surface area contributed by atoms with Crippen LogP contribution >= 0.6 is 18.1 Å². The molecule has 118 valence electrons. The summed E-state index contributed by atoms with van der Waals surface area (Å²) >= 11 is 1.08. The Hall–Kier alpha value is -0.720. The molecule has 0 bridgehead atoms. The summed E-state index contributed by atoms with van der Waals surface area (Å²) in [4.78, 5) is 24.3. The number of esters is 1. The summed E-state index contributed by atoms with van der Waals surface area (Å²) in [5, 5.41) is 2.35. The van der Waals surface area contributed by atoms with Crippen molar-refractivity contribution in [1.82, 2.24) is 9.99 Å². The number of nitrogens with one attached hydrogen (secondary N) is 1. The number of ether oxygens (including phenoxy) is 1. The first kappa shape index (κ1) is 19.3. The van der Waals surface area contributed by atoms with E-state index in [0.717, 1.165) is 22.7 Å². The minimum Gasteiger partial charge on any atom is -0.465 e. The molecule has 0 saturated heterocycles. The molecule has 0 spiro atoms. The number of hydrogen-bond acceptors (Lipinski definition) is 6. The number of likely N-dealkylation sites (N-methyl/N-ethyl adjacent to an activating group) is 1. The molecule has 0 saturated carbocycles. The molecule has 2 amide bonds. The van der Waals surface area contributed by atoms with Crippen LogP contribution < -0.4 is 5.09 Å². The highest BCUT2D eigenvalue weighted by atomic mass is 32.7. The molecule has 0 heterocycles. The van der Waals surface area contributed by atoms with Crippen molar-refractivity contribution in [3.8, 4) is 0 Å². The van der Waals surface area contributed by atoms with E-state index >= 15 is 0 Å². The van der Waals surface area contributed by atoms with Crippen LogP contribution in [0, 0.1) is 0 Å². The Labute approximate surface area is 124 Å². The van der Waals surface area contributed by atoms with Gasteiger partial charge in [-0.3, -0.25) is 14.4 Å². The second-order valence-corrected chi connectivity index (χ2v) is 8.19. The molecular weight excluding hydrogens is 303 g/mol. The van der Waals surface area contributed by atoms with Crippen LogP contribution in [0.5, 0.6) is 0 Å². The zero-order chi connectivity index (χ0) is 15.6. The van der Waals surface area contributed by atoms with E-state index in [2.05, 4.69) is 5.09 Å². The van der Waals surface area contributed by atoms with Crippen LogP contribution in [0.3, 0.4) is 0 Å². The Kier molecular flexibility index (Phi) is 9.71. The third-order valence-corrected chi connectivity index (χ3v) is 6.17. The maximum absolute atomic E-state index is 12.4. The Bertz CT molecular complexity index is 367. The normalized spacial score (nSPS) is 13.4. The standard InChI is InChI=1S/C11H23N2O5PS/c1-5-8-20-19(16,18-7-3)12-11(15)13(4)9-10(14)17-6-2/h5-9H2,1-4H3,(H,12,15,16). The average Bonchev–Trinajstić information content (AvgIpc) is 2.36. The van der Waals surface area contributed by atoms with Crippen molar-refractivity contribution in [2.45, 2.75) is 27.2 Å². The molecule has 1 atom stereocenters. The molecule has 1 unspecified atom stereocenters. The molecule has 20 heavy (non-hydrogen) atoms. The van der Waals surface area contributed by atoms with Gasteiger partial charge in [0.1, 0.15) is 6.54 Å². The second kappa shape index (κ2) is 10.1. The van der Waals surface area contributed by atoms with E-state index in [1.807, 2.05) is 6.92 Å². The van der Waals surface area contributed by atoms with Gasteiger partial charge in [-0.1, -0.05) is 6.92 Å². The van der Waals surface area contributed by atoms with Gasteiger partial charge < -0.3 is 14.2 Å². The maximum Gasteiger partial charge on any atom is 0.354 e. The quantitative estimate of drug-likeness (QED) is 0.517. The lowest BCUT2D eigenvalue weighted by Crippen LogP contribution is -2.39. The molecule has 0 aliphatic carbocycles. The Morgan fingerprint density at radius 1 is 1.25 bits per heavy atom. The smallest absolute Gasteiger partial charge is 0.354 e. The van der Waals surface area contributed by atoms with Gasteiger partial charge in [-0.25, -0.2) is 4.79 Å². The number of carbonyl (C=O) groups excluding carboxylic acids is 2. The summed E-state index contributed by atoms with van der Waals surface area (Å²) in [7, 11) is 1.42. The average molecular weight is 326 g/mol. The topological polar surface area (TPSA) is 84.9 Å². The van der Waals surface area contributed by atoms with Crippen LogP contribution in [0.4, 0.5) is 4.79 Å². The molecule has 0 fully saturated rings. The minimum atomic E-state index is -3.28. The van der Waals surface area contributed by atoms with Gasteiger partial charge in [0.25, 0.3) is 0 Å². The zero-order valence-electron chi connectivity index (χ0n) is 12.4. The predicted molar refractivity (Wildman–Crippen MR) is 79.8 cm³/mol. The highest BCUT2D eigenvalue weighted by Gasteiger charge is 2.28. The largest absolute Gasteiger partial charge is 0.465 e. The van der Waals surface area contributed by atoms with E-state index < -0.39 is 18.7 Å². The Morgan fingerprint density at radius 2 is 1.90 bits per heavy atom. The zero-order valence-corrected chi connectivity index (χ0v) is 14.1. The molecule has 0 aromatic rings. The molecule has 0 radical (unpaired) electrons. The van der Waals surface area contributed by atoms with Crippen molar-refractivity contribution >= 4 is 30.1 Å². The third kappa shape index (κ3) is 7.77. The lowest BCUT2D eigenvalue weighted by atomic mass is 10.6.